The van der Waals surface area contributed by atoms with E-state index in [2.05, 4.69) is 5.32 Å². The lowest BCUT2D eigenvalue weighted by atomic mass is 10.1. The maximum atomic E-state index is 13.5. The number of β-amino-alcohol motifs (C(OH)–C–C–N with tert-alkyl or cyclic N) is 1. The van der Waals surface area contributed by atoms with E-state index in [9.17, 15) is 24.1 Å². The van der Waals surface area contributed by atoms with Crippen LogP contribution < -0.4 is 5.32 Å². The Bertz CT molecular complexity index is 701. The molecule has 0 bridgehead atoms. The first kappa shape index (κ1) is 15.6. The molecule has 2 N–H and O–H groups in total. The van der Waals surface area contributed by atoms with Gasteiger partial charge in [-0.1, -0.05) is 0 Å². The summed E-state index contributed by atoms with van der Waals surface area (Å²) in [6.07, 6.45) is 0.994. The molecule has 116 valence electrons. The zero-order chi connectivity index (χ0) is 16.4. The Kier molecular flexibility index (Phi) is 4.18. The van der Waals surface area contributed by atoms with Gasteiger partial charge in [0.1, 0.15) is 11.5 Å². The number of hydrogen-bond donors (Lipinski definition) is 2. The van der Waals surface area contributed by atoms with Gasteiger partial charge in [-0.25, -0.2) is 4.39 Å². The van der Waals surface area contributed by atoms with Crippen molar-refractivity contribution in [3.05, 3.63) is 45.4 Å². The van der Waals surface area contributed by atoms with E-state index < -0.39 is 28.2 Å². The Labute approximate surface area is 124 Å². The van der Waals surface area contributed by atoms with Crippen LogP contribution in [-0.2, 0) is 9.59 Å². The number of imide groups is 1. The van der Waals surface area contributed by atoms with Gasteiger partial charge in [-0.3, -0.25) is 24.6 Å². The van der Waals surface area contributed by atoms with E-state index in [0.717, 1.165) is 23.1 Å². The highest BCUT2D eigenvalue weighted by Crippen LogP contribution is 2.29. The van der Waals surface area contributed by atoms with Crippen molar-refractivity contribution in [2.24, 2.45) is 0 Å². The Hall–Kier alpha value is -2.81. The van der Waals surface area contributed by atoms with Crippen LogP contribution in [0.2, 0.25) is 0 Å². The summed E-state index contributed by atoms with van der Waals surface area (Å²) in [7, 11) is 0. The van der Waals surface area contributed by atoms with Crippen LogP contribution in [0.5, 0.6) is 0 Å². The van der Waals surface area contributed by atoms with E-state index in [-0.39, 0.29) is 30.1 Å². The number of nitrogens with one attached hydrogen (secondary N) is 1. The van der Waals surface area contributed by atoms with Gasteiger partial charge < -0.3 is 10.4 Å². The maximum Gasteiger partial charge on any atom is 0.277 e. The molecule has 1 aromatic carbocycles. The molecule has 22 heavy (non-hydrogen) atoms. The van der Waals surface area contributed by atoms with Gasteiger partial charge in [0.2, 0.25) is 0 Å². The van der Waals surface area contributed by atoms with Gasteiger partial charge in [0.25, 0.3) is 17.5 Å². The van der Waals surface area contributed by atoms with Crippen molar-refractivity contribution in [3.63, 3.8) is 0 Å². The van der Waals surface area contributed by atoms with Gasteiger partial charge in [-0.15, -0.1) is 0 Å². The SMILES string of the molecule is Cc1c(NC2=CC(=O)N(CCO)C2=O)cc(F)cc1[N+](=O)[O-]. The molecule has 0 atom stereocenters. The first-order valence-electron chi connectivity index (χ1n) is 6.25. The van der Waals surface area contributed by atoms with Gasteiger partial charge in [0, 0.05) is 6.08 Å². The minimum Gasteiger partial charge on any atom is -0.395 e. The van der Waals surface area contributed by atoms with Crippen molar-refractivity contribution in [1.29, 1.82) is 0 Å². The fourth-order valence-corrected chi connectivity index (χ4v) is 2.04. The van der Waals surface area contributed by atoms with Crippen LogP contribution in [0.4, 0.5) is 15.8 Å². The number of nitro benzene ring substituents is 1. The monoisotopic (exact) mass is 309 g/mol. The number of carbonyl (C=O) groups is 2. The van der Waals surface area contributed by atoms with Crippen molar-refractivity contribution >= 4 is 23.2 Å². The Morgan fingerprint density at radius 3 is 2.68 bits per heavy atom. The van der Waals surface area contributed by atoms with Crippen LogP contribution in [0, 0.1) is 22.9 Å². The number of halogens is 1. The molecule has 0 spiro atoms. The van der Waals surface area contributed by atoms with Crippen molar-refractivity contribution in [2.45, 2.75) is 6.92 Å². The third-order valence-electron chi connectivity index (χ3n) is 3.14. The number of hydrogen-bond acceptors (Lipinski definition) is 6. The smallest absolute Gasteiger partial charge is 0.277 e. The van der Waals surface area contributed by atoms with Crippen molar-refractivity contribution in [3.8, 4) is 0 Å². The van der Waals surface area contributed by atoms with Crippen LogP contribution in [-0.4, -0.2) is 39.9 Å². The van der Waals surface area contributed by atoms with Crippen molar-refractivity contribution < 1.29 is 24.0 Å². The fraction of sp³-hybridized carbons (Fsp3) is 0.231. The molecular formula is C13H12FN3O5. The highest BCUT2D eigenvalue weighted by molar-refractivity contribution is 6.17. The molecule has 1 aliphatic heterocycles. The molecule has 0 aromatic heterocycles. The zero-order valence-electron chi connectivity index (χ0n) is 11.5. The molecular weight excluding hydrogens is 297 g/mol. The molecule has 0 fully saturated rings. The predicted octanol–water partition coefficient (Wildman–Crippen LogP) is 0.699. The van der Waals surface area contributed by atoms with Crippen LogP contribution >= 0.6 is 0 Å². The van der Waals surface area contributed by atoms with Crippen molar-refractivity contribution in [1.82, 2.24) is 4.90 Å². The zero-order valence-corrected chi connectivity index (χ0v) is 11.5. The first-order chi connectivity index (χ1) is 10.3. The summed E-state index contributed by atoms with van der Waals surface area (Å²) in [5.74, 6) is -2.15. The summed E-state index contributed by atoms with van der Waals surface area (Å²) in [5.41, 5.74) is -0.424. The second kappa shape index (κ2) is 5.90. The number of rotatable bonds is 5. The van der Waals surface area contributed by atoms with Gasteiger partial charge >= 0.3 is 0 Å². The number of aliphatic hydroxyl groups excluding tert-OH is 1. The van der Waals surface area contributed by atoms with Crippen LogP contribution in [0.15, 0.2) is 23.9 Å². The first-order valence-corrected chi connectivity index (χ1v) is 6.25. The standard InChI is InChI=1S/C13H12FN3O5/c1-7-9(4-8(14)5-11(7)17(21)22)15-10-6-12(19)16(2-3-18)13(10)20/h4-6,15,18H,2-3H2,1H3. The summed E-state index contributed by atoms with van der Waals surface area (Å²) in [6, 6.07) is 1.77. The lowest BCUT2D eigenvalue weighted by Crippen LogP contribution is -2.34. The van der Waals surface area contributed by atoms with E-state index in [1.807, 2.05) is 0 Å². The summed E-state index contributed by atoms with van der Waals surface area (Å²) in [4.78, 5) is 34.5. The molecule has 2 amide bonds. The Morgan fingerprint density at radius 2 is 2.09 bits per heavy atom. The van der Waals surface area contributed by atoms with Crippen molar-refractivity contribution in [2.75, 3.05) is 18.5 Å². The highest BCUT2D eigenvalue weighted by atomic mass is 19.1. The molecule has 9 heteroatoms. The van der Waals surface area contributed by atoms with Crippen LogP contribution in [0.25, 0.3) is 0 Å². The molecule has 1 heterocycles. The predicted molar refractivity (Wildman–Crippen MR) is 73.3 cm³/mol. The number of carbonyl (C=O) groups excluding carboxylic acids is 2. The maximum absolute atomic E-state index is 13.5. The fourth-order valence-electron chi connectivity index (χ4n) is 2.04. The molecule has 8 nitrogen and oxygen atoms in total. The lowest BCUT2D eigenvalue weighted by molar-refractivity contribution is -0.385. The van der Waals surface area contributed by atoms with Crippen LogP contribution in [0.1, 0.15) is 5.56 Å². The molecule has 0 unspecified atom stereocenters. The summed E-state index contributed by atoms with van der Waals surface area (Å²) in [6.45, 7) is 0.845. The van der Waals surface area contributed by atoms with Gasteiger partial charge in [0.05, 0.1) is 35.4 Å². The lowest BCUT2D eigenvalue weighted by Gasteiger charge is -2.14. The normalized spacial score (nSPS) is 14.3. The second-order valence-electron chi connectivity index (χ2n) is 4.56. The number of anilines is 1. The third-order valence-corrected chi connectivity index (χ3v) is 3.14. The number of amides is 2. The van der Waals surface area contributed by atoms with E-state index in [4.69, 9.17) is 5.11 Å². The van der Waals surface area contributed by atoms with E-state index in [0.29, 0.717) is 0 Å². The number of aliphatic hydroxyl groups is 1. The van der Waals surface area contributed by atoms with Gasteiger partial charge in [-0.05, 0) is 13.0 Å². The molecule has 1 aliphatic rings. The Balaban J connectivity index is 2.33. The summed E-state index contributed by atoms with van der Waals surface area (Å²) < 4.78 is 13.5. The van der Waals surface area contributed by atoms with Gasteiger partial charge in [-0.2, -0.15) is 0 Å². The topological polar surface area (TPSA) is 113 Å². The van der Waals surface area contributed by atoms with E-state index in [1.165, 1.54) is 6.92 Å². The second-order valence-corrected chi connectivity index (χ2v) is 4.56. The minimum absolute atomic E-state index is 0.0185. The largest absolute Gasteiger partial charge is 0.395 e. The van der Waals surface area contributed by atoms with Crippen LogP contribution in [0.3, 0.4) is 0 Å². The molecule has 0 saturated heterocycles. The minimum atomic E-state index is -0.843. The highest BCUT2D eigenvalue weighted by Gasteiger charge is 2.31. The average molecular weight is 309 g/mol. The molecule has 0 radical (unpaired) electrons. The summed E-state index contributed by atoms with van der Waals surface area (Å²) >= 11 is 0. The molecule has 2 rings (SSSR count). The van der Waals surface area contributed by atoms with E-state index >= 15 is 0 Å². The summed E-state index contributed by atoms with van der Waals surface area (Å²) in [5, 5.41) is 22.2. The molecule has 0 aliphatic carbocycles. The molecule has 0 saturated carbocycles. The number of benzene rings is 1. The third kappa shape index (κ3) is 2.79. The Morgan fingerprint density at radius 1 is 1.41 bits per heavy atom. The number of nitrogens with zero attached hydrogens (tertiary/aromatic N) is 2. The van der Waals surface area contributed by atoms with E-state index in [1.54, 1.807) is 0 Å². The number of nitro groups is 1. The van der Waals surface area contributed by atoms with Gasteiger partial charge in [0.15, 0.2) is 0 Å². The quantitative estimate of drug-likeness (QED) is 0.470. The molecule has 1 aromatic rings. The average Bonchev–Trinajstić information content (AvgIpc) is 2.70.